The molecule has 0 bridgehead atoms. The van der Waals surface area contributed by atoms with E-state index in [1.807, 2.05) is 0 Å². The van der Waals surface area contributed by atoms with Crippen LogP contribution in [0.3, 0.4) is 0 Å². The van der Waals surface area contributed by atoms with Crippen molar-refractivity contribution in [2.75, 3.05) is 0 Å². The Hall–Kier alpha value is -1.49. The standard InChI is InChI=1S/C11H8BrFN2O/c12-10-5-15-11(6-14-10)16-7-8-1-3-9(13)4-2-8/h1-6H,7H2. The zero-order valence-corrected chi connectivity index (χ0v) is 9.82. The molecule has 2 aromatic rings. The van der Waals surface area contributed by atoms with Gasteiger partial charge in [0.25, 0.3) is 0 Å². The molecular formula is C11H8BrFN2O. The fourth-order valence-corrected chi connectivity index (χ4v) is 1.32. The molecule has 0 saturated carbocycles. The third-order valence-corrected chi connectivity index (χ3v) is 2.31. The monoisotopic (exact) mass is 282 g/mol. The molecule has 1 aromatic heterocycles. The average Bonchev–Trinajstić information content (AvgIpc) is 2.30. The van der Waals surface area contributed by atoms with Crippen LogP contribution in [0.5, 0.6) is 5.88 Å². The molecule has 0 spiro atoms. The molecular weight excluding hydrogens is 275 g/mol. The average molecular weight is 283 g/mol. The van der Waals surface area contributed by atoms with Crippen LogP contribution in [0.4, 0.5) is 4.39 Å². The van der Waals surface area contributed by atoms with Gasteiger partial charge < -0.3 is 4.74 Å². The molecule has 5 heteroatoms. The lowest BCUT2D eigenvalue weighted by molar-refractivity contribution is 0.292. The molecule has 1 aromatic carbocycles. The minimum atomic E-state index is -0.257. The third kappa shape index (κ3) is 3.00. The van der Waals surface area contributed by atoms with Crippen molar-refractivity contribution in [3.05, 3.63) is 52.6 Å². The maximum atomic E-state index is 12.6. The maximum Gasteiger partial charge on any atom is 0.232 e. The lowest BCUT2D eigenvalue weighted by Crippen LogP contribution is -1.97. The molecule has 2 rings (SSSR count). The second-order valence-electron chi connectivity index (χ2n) is 3.09. The highest BCUT2D eigenvalue weighted by Crippen LogP contribution is 2.11. The summed E-state index contributed by atoms with van der Waals surface area (Å²) in [5.74, 6) is 0.180. The Morgan fingerprint density at radius 3 is 2.50 bits per heavy atom. The van der Waals surface area contributed by atoms with Gasteiger partial charge in [-0.2, -0.15) is 0 Å². The molecule has 0 saturated heterocycles. The fraction of sp³-hybridized carbons (Fsp3) is 0.0909. The summed E-state index contributed by atoms with van der Waals surface area (Å²) in [4.78, 5) is 7.98. The highest BCUT2D eigenvalue weighted by Gasteiger charge is 1.98. The molecule has 0 N–H and O–H groups in total. The van der Waals surface area contributed by atoms with Crippen LogP contribution in [0, 0.1) is 5.82 Å². The lowest BCUT2D eigenvalue weighted by Gasteiger charge is -2.04. The van der Waals surface area contributed by atoms with Crippen molar-refractivity contribution in [2.24, 2.45) is 0 Å². The van der Waals surface area contributed by atoms with E-state index in [4.69, 9.17) is 4.74 Å². The van der Waals surface area contributed by atoms with E-state index in [-0.39, 0.29) is 5.82 Å². The zero-order valence-electron chi connectivity index (χ0n) is 8.23. The molecule has 0 radical (unpaired) electrons. The summed E-state index contributed by atoms with van der Waals surface area (Å²) in [5.41, 5.74) is 0.881. The molecule has 0 unspecified atom stereocenters. The number of benzene rings is 1. The summed E-state index contributed by atoms with van der Waals surface area (Å²) < 4.78 is 18.7. The Bertz CT molecular complexity index is 413. The quantitative estimate of drug-likeness (QED) is 0.868. The maximum absolute atomic E-state index is 12.6. The second-order valence-corrected chi connectivity index (χ2v) is 3.90. The first-order valence-corrected chi connectivity index (χ1v) is 5.38. The van der Waals surface area contributed by atoms with Crippen LogP contribution in [-0.4, -0.2) is 9.97 Å². The molecule has 0 aliphatic heterocycles. The van der Waals surface area contributed by atoms with Gasteiger partial charge in [-0.25, -0.2) is 14.4 Å². The van der Waals surface area contributed by atoms with Crippen LogP contribution in [0.15, 0.2) is 41.3 Å². The van der Waals surface area contributed by atoms with E-state index < -0.39 is 0 Å². The molecule has 82 valence electrons. The van der Waals surface area contributed by atoms with Gasteiger partial charge in [0.2, 0.25) is 5.88 Å². The largest absolute Gasteiger partial charge is 0.472 e. The Balaban J connectivity index is 1.97. The number of ether oxygens (including phenoxy) is 1. The topological polar surface area (TPSA) is 35.0 Å². The van der Waals surface area contributed by atoms with Crippen LogP contribution >= 0.6 is 15.9 Å². The number of hydrogen-bond donors (Lipinski definition) is 0. The lowest BCUT2D eigenvalue weighted by atomic mass is 10.2. The summed E-state index contributed by atoms with van der Waals surface area (Å²) in [6.07, 6.45) is 3.08. The van der Waals surface area contributed by atoms with E-state index in [9.17, 15) is 4.39 Å². The normalized spacial score (nSPS) is 10.1. The van der Waals surface area contributed by atoms with E-state index in [2.05, 4.69) is 25.9 Å². The Morgan fingerprint density at radius 1 is 1.12 bits per heavy atom. The smallest absolute Gasteiger partial charge is 0.232 e. The van der Waals surface area contributed by atoms with Gasteiger partial charge in [0, 0.05) is 0 Å². The van der Waals surface area contributed by atoms with Gasteiger partial charge in [-0.05, 0) is 33.6 Å². The van der Waals surface area contributed by atoms with Crippen LogP contribution in [-0.2, 0) is 6.61 Å². The number of halogens is 2. The first kappa shape index (κ1) is 11.0. The summed E-state index contributed by atoms with van der Waals surface area (Å²) in [5, 5.41) is 0. The Labute approximate surface area is 100 Å². The van der Waals surface area contributed by atoms with Gasteiger partial charge in [0.1, 0.15) is 17.0 Å². The number of hydrogen-bond acceptors (Lipinski definition) is 3. The Morgan fingerprint density at radius 2 is 1.88 bits per heavy atom. The van der Waals surface area contributed by atoms with Crippen molar-refractivity contribution in [1.29, 1.82) is 0 Å². The summed E-state index contributed by atoms with van der Waals surface area (Å²) in [6, 6.07) is 6.13. The molecule has 0 amide bonds. The van der Waals surface area contributed by atoms with Crippen molar-refractivity contribution in [2.45, 2.75) is 6.61 Å². The highest BCUT2D eigenvalue weighted by molar-refractivity contribution is 9.10. The van der Waals surface area contributed by atoms with Crippen molar-refractivity contribution < 1.29 is 9.13 Å². The summed E-state index contributed by atoms with van der Waals surface area (Å²) in [7, 11) is 0. The highest BCUT2D eigenvalue weighted by atomic mass is 79.9. The first-order chi connectivity index (χ1) is 7.74. The van der Waals surface area contributed by atoms with E-state index in [1.165, 1.54) is 18.3 Å². The number of rotatable bonds is 3. The van der Waals surface area contributed by atoms with Gasteiger partial charge in [-0.15, -0.1) is 0 Å². The van der Waals surface area contributed by atoms with Gasteiger partial charge in [-0.1, -0.05) is 12.1 Å². The second kappa shape index (κ2) is 5.03. The molecule has 0 aliphatic rings. The van der Waals surface area contributed by atoms with Crippen LogP contribution in [0.2, 0.25) is 0 Å². The number of nitrogens with zero attached hydrogens (tertiary/aromatic N) is 2. The molecule has 1 heterocycles. The van der Waals surface area contributed by atoms with Crippen molar-refractivity contribution in [3.8, 4) is 5.88 Å². The van der Waals surface area contributed by atoms with Gasteiger partial charge in [0.15, 0.2) is 0 Å². The molecule has 0 atom stereocenters. The predicted octanol–water partition coefficient (Wildman–Crippen LogP) is 2.96. The minimum absolute atomic E-state index is 0.257. The van der Waals surface area contributed by atoms with Crippen molar-refractivity contribution in [1.82, 2.24) is 9.97 Å². The minimum Gasteiger partial charge on any atom is -0.472 e. The predicted molar refractivity (Wildman–Crippen MR) is 60.5 cm³/mol. The third-order valence-electron chi connectivity index (χ3n) is 1.90. The first-order valence-electron chi connectivity index (χ1n) is 4.59. The van der Waals surface area contributed by atoms with Gasteiger partial charge in [0.05, 0.1) is 12.4 Å². The summed E-state index contributed by atoms with van der Waals surface area (Å²) >= 11 is 3.18. The van der Waals surface area contributed by atoms with Crippen LogP contribution in [0.1, 0.15) is 5.56 Å². The SMILES string of the molecule is Fc1ccc(COc2cnc(Br)cn2)cc1. The van der Waals surface area contributed by atoms with Crippen molar-refractivity contribution in [3.63, 3.8) is 0 Å². The van der Waals surface area contributed by atoms with E-state index in [0.717, 1.165) is 5.56 Å². The fourth-order valence-electron chi connectivity index (χ4n) is 1.11. The molecule has 0 aliphatic carbocycles. The number of aromatic nitrogens is 2. The molecule has 16 heavy (non-hydrogen) atoms. The van der Waals surface area contributed by atoms with E-state index in [0.29, 0.717) is 17.1 Å². The molecule has 0 fully saturated rings. The van der Waals surface area contributed by atoms with Crippen molar-refractivity contribution >= 4 is 15.9 Å². The summed E-state index contributed by atoms with van der Waals surface area (Å²) in [6.45, 7) is 0.344. The van der Waals surface area contributed by atoms with E-state index >= 15 is 0 Å². The van der Waals surface area contributed by atoms with E-state index in [1.54, 1.807) is 18.3 Å². The molecule has 3 nitrogen and oxygen atoms in total. The van der Waals surface area contributed by atoms with Gasteiger partial charge >= 0.3 is 0 Å². The van der Waals surface area contributed by atoms with Crippen LogP contribution < -0.4 is 4.74 Å². The van der Waals surface area contributed by atoms with Gasteiger partial charge in [-0.3, -0.25) is 0 Å². The zero-order chi connectivity index (χ0) is 11.4. The Kier molecular flexibility index (Phi) is 3.46. The van der Waals surface area contributed by atoms with Crippen LogP contribution in [0.25, 0.3) is 0 Å².